The van der Waals surface area contributed by atoms with E-state index in [1.165, 1.54) is 0 Å². The number of ether oxygens (including phenoxy) is 2. The Labute approximate surface area is 140 Å². The van der Waals surface area contributed by atoms with E-state index in [4.69, 9.17) is 14.5 Å². The van der Waals surface area contributed by atoms with E-state index in [9.17, 15) is 0 Å². The minimum absolute atomic E-state index is 0.149. The second-order valence-corrected chi connectivity index (χ2v) is 6.75. The van der Waals surface area contributed by atoms with Crippen molar-refractivity contribution in [3.63, 3.8) is 0 Å². The van der Waals surface area contributed by atoms with Gasteiger partial charge in [-0.25, -0.2) is 4.98 Å². The van der Waals surface area contributed by atoms with Crippen LogP contribution in [0.15, 0.2) is 58.4 Å². The standard InChI is InChI=1S/C17H12BrNO2S/c18-12-7-5-11(6-8-12)13-10-22-17(19-13)16-9-20-14-3-1-2-4-15(14)21-16/h1-8,10,16H,9H2/t16-/m0/s1. The van der Waals surface area contributed by atoms with Gasteiger partial charge in [-0.05, 0) is 24.3 Å². The molecule has 0 unspecified atom stereocenters. The number of nitrogens with zero attached hydrogens (tertiary/aromatic N) is 1. The number of para-hydroxylation sites is 2. The van der Waals surface area contributed by atoms with Gasteiger partial charge in [0.15, 0.2) is 17.6 Å². The fraction of sp³-hybridized carbons (Fsp3) is 0.118. The number of aromatic nitrogens is 1. The first kappa shape index (κ1) is 13.8. The first-order valence-electron chi connectivity index (χ1n) is 6.89. The predicted molar refractivity (Wildman–Crippen MR) is 90.6 cm³/mol. The molecule has 0 saturated heterocycles. The number of halogens is 1. The van der Waals surface area contributed by atoms with Crippen molar-refractivity contribution in [2.75, 3.05) is 6.61 Å². The smallest absolute Gasteiger partial charge is 0.184 e. The Kier molecular flexibility index (Phi) is 3.60. The minimum atomic E-state index is -0.149. The van der Waals surface area contributed by atoms with Crippen LogP contribution in [0.3, 0.4) is 0 Å². The van der Waals surface area contributed by atoms with E-state index in [1.54, 1.807) is 11.3 Å². The van der Waals surface area contributed by atoms with E-state index in [0.29, 0.717) is 6.61 Å². The van der Waals surface area contributed by atoms with Crippen LogP contribution in [0, 0.1) is 0 Å². The largest absolute Gasteiger partial charge is 0.485 e. The van der Waals surface area contributed by atoms with Crippen LogP contribution in [0.2, 0.25) is 0 Å². The van der Waals surface area contributed by atoms with Crippen LogP contribution in [-0.4, -0.2) is 11.6 Å². The zero-order chi connectivity index (χ0) is 14.9. The van der Waals surface area contributed by atoms with Gasteiger partial charge in [-0.3, -0.25) is 0 Å². The van der Waals surface area contributed by atoms with Crippen LogP contribution in [0.4, 0.5) is 0 Å². The Morgan fingerprint density at radius 1 is 1.05 bits per heavy atom. The van der Waals surface area contributed by atoms with E-state index >= 15 is 0 Å². The summed E-state index contributed by atoms with van der Waals surface area (Å²) in [4.78, 5) is 4.70. The number of thiazole rings is 1. The summed E-state index contributed by atoms with van der Waals surface area (Å²) < 4.78 is 12.8. The van der Waals surface area contributed by atoms with Crippen LogP contribution < -0.4 is 9.47 Å². The average molecular weight is 374 g/mol. The second kappa shape index (κ2) is 5.74. The van der Waals surface area contributed by atoms with Crippen molar-refractivity contribution >= 4 is 27.3 Å². The SMILES string of the molecule is Brc1ccc(-c2csc([C@@H]3COc4ccccc4O3)n2)cc1. The van der Waals surface area contributed by atoms with Gasteiger partial charge in [-0.15, -0.1) is 11.3 Å². The van der Waals surface area contributed by atoms with Crippen LogP contribution in [0.25, 0.3) is 11.3 Å². The first-order valence-corrected chi connectivity index (χ1v) is 8.57. The Hall–Kier alpha value is -1.85. The lowest BCUT2D eigenvalue weighted by Gasteiger charge is -2.24. The molecular weight excluding hydrogens is 362 g/mol. The molecule has 110 valence electrons. The van der Waals surface area contributed by atoms with Gasteiger partial charge in [0.1, 0.15) is 11.6 Å². The summed E-state index contributed by atoms with van der Waals surface area (Å²) >= 11 is 5.05. The third-order valence-corrected chi connectivity index (χ3v) is 4.91. The summed E-state index contributed by atoms with van der Waals surface area (Å²) in [6.07, 6.45) is -0.149. The molecule has 0 spiro atoms. The number of fused-ring (bicyclic) bond motifs is 1. The first-order chi connectivity index (χ1) is 10.8. The molecule has 3 aromatic rings. The summed E-state index contributed by atoms with van der Waals surface area (Å²) in [5.74, 6) is 1.57. The van der Waals surface area contributed by atoms with Gasteiger partial charge in [-0.2, -0.15) is 0 Å². The molecule has 0 N–H and O–H groups in total. The maximum absolute atomic E-state index is 6.00. The van der Waals surface area contributed by atoms with Crippen molar-refractivity contribution in [1.29, 1.82) is 0 Å². The molecule has 4 rings (SSSR count). The Balaban J connectivity index is 1.59. The third kappa shape index (κ3) is 2.62. The lowest BCUT2D eigenvalue weighted by Crippen LogP contribution is -2.21. The molecule has 3 nitrogen and oxygen atoms in total. The number of hydrogen-bond donors (Lipinski definition) is 0. The van der Waals surface area contributed by atoms with Gasteiger partial charge in [0.2, 0.25) is 0 Å². The lowest BCUT2D eigenvalue weighted by molar-refractivity contribution is 0.0911. The van der Waals surface area contributed by atoms with Crippen molar-refractivity contribution in [2.45, 2.75) is 6.10 Å². The topological polar surface area (TPSA) is 31.4 Å². The van der Waals surface area contributed by atoms with Gasteiger partial charge in [-0.1, -0.05) is 40.2 Å². The zero-order valence-corrected chi connectivity index (χ0v) is 13.9. The highest BCUT2D eigenvalue weighted by atomic mass is 79.9. The van der Waals surface area contributed by atoms with Crippen molar-refractivity contribution in [1.82, 2.24) is 4.98 Å². The molecule has 1 aromatic heterocycles. The fourth-order valence-corrected chi connectivity index (χ4v) is 3.43. The summed E-state index contributed by atoms with van der Waals surface area (Å²) in [5.41, 5.74) is 2.07. The van der Waals surface area contributed by atoms with Crippen molar-refractivity contribution in [3.8, 4) is 22.8 Å². The highest BCUT2D eigenvalue weighted by Crippen LogP contribution is 2.37. The van der Waals surface area contributed by atoms with Gasteiger partial charge in [0.05, 0.1) is 5.69 Å². The summed E-state index contributed by atoms with van der Waals surface area (Å²) in [5, 5.41) is 3.00. The molecule has 0 fully saturated rings. The van der Waals surface area contributed by atoms with E-state index in [1.807, 2.05) is 36.4 Å². The fourth-order valence-electron chi connectivity index (χ4n) is 2.33. The molecule has 0 amide bonds. The molecule has 1 atom stereocenters. The lowest BCUT2D eigenvalue weighted by atomic mass is 10.2. The molecule has 0 aliphatic carbocycles. The number of benzene rings is 2. The molecule has 0 bridgehead atoms. The quantitative estimate of drug-likeness (QED) is 0.627. The van der Waals surface area contributed by atoms with Crippen molar-refractivity contribution in [3.05, 3.63) is 63.4 Å². The van der Waals surface area contributed by atoms with E-state index < -0.39 is 0 Å². The van der Waals surface area contributed by atoms with E-state index in [2.05, 4.69) is 33.4 Å². The van der Waals surface area contributed by atoms with Crippen LogP contribution >= 0.6 is 27.3 Å². The number of rotatable bonds is 2. The minimum Gasteiger partial charge on any atom is -0.485 e. The zero-order valence-electron chi connectivity index (χ0n) is 11.5. The van der Waals surface area contributed by atoms with Crippen LogP contribution in [0.1, 0.15) is 11.1 Å². The Bertz CT molecular complexity index is 800. The van der Waals surface area contributed by atoms with Gasteiger partial charge < -0.3 is 9.47 Å². The summed E-state index contributed by atoms with van der Waals surface area (Å²) in [6.45, 7) is 0.490. The molecule has 5 heteroatoms. The van der Waals surface area contributed by atoms with Crippen LogP contribution in [-0.2, 0) is 0 Å². The molecule has 2 aromatic carbocycles. The molecular formula is C17H12BrNO2S. The summed E-state index contributed by atoms with van der Waals surface area (Å²) in [6, 6.07) is 15.9. The molecule has 1 aliphatic rings. The highest BCUT2D eigenvalue weighted by molar-refractivity contribution is 9.10. The molecule has 0 saturated carbocycles. The number of hydrogen-bond acceptors (Lipinski definition) is 4. The average Bonchev–Trinajstić information content (AvgIpc) is 3.05. The molecule has 2 heterocycles. The third-order valence-electron chi connectivity index (χ3n) is 3.45. The predicted octanol–water partition coefficient (Wildman–Crippen LogP) is 5.09. The van der Waals surface area contributed by atoms with Crippen molar-refractivity contribution < 1.29 is 9.47 Å². The molecule has 1 aliphatic heterocycles. The van der Waals surface area contributed by atoms with Gasteiger partial charge in [0.25, 0.3) is 0 Å². The normalized spacial score (nSPS) is 16.5. The van der Waals surface area contributed by atoms with E-state index in [-0.39, 0.29) is 6.10 Å². The highest BCUT2D eigenvalue weighted by Gasteiger charge is 2.25. The Morgan fingerprint density at radius 2 is 1.82 bits per heavy atom. The second-order valence-electron chi connectivity index (χ2n) is 4.94. The Morgan fingerprint density at radius 3 is 2.64 bits per heavy atom. The monoisotopic (exact) mass is 373 g/mol. The van der Waals surface area contributed by atoms with Crippen LogP contribution in [0.5, 0.6) is 11.5 Å². The van der Waals surface area contributed by atoms with Crippen molar-refractivity contribution in [2.24, 2.45) is 0 Å². The van der Waals surface area contributed by atoms with Gasteiger partial charge >= 0.3 is 0 Å². The molecule has 0 radical (unpaired) electrons. The maximum atomic E-state index is 6.00. The summed E-state index contributed by atoms with van der Waals surface area (Å²) in [7, 11) is 0. The van der Waals surface area contributed by atoms with E-state index in [0.717, 1.165) is 32.2 Å². The maximum Gasteiger partial charge on any atom is 0.184 e. The van der Waals surface area contributed by atoms with Gasteiger partial charge in [0, 0.05) is 15.4 Å². The molecule has 22 heavy (non-hydrogen) atoms.